The van der Waals surface area contributed by atoms with E-state index in [9.17, 15) is 9.59 Å². The molecule has 0 radical (unpaired) electrons. The number of ketones is 1. The molecule has 5 unspecified atom stereocenters. The van der Waals surface area contributed by atoms with Gasteiger partial charge in [0.05, 0.1) is 0 Å². The van der Waals surface area contributed by atoms with E-state index in [1.54, 1.807) is 6.92 Å². The summed E-state index contributed by atoms with van der Waals surface area (Å²) in [7, 11) is 0. The molecule has 3 aliphatic carbocycles. The number of hydrogen-bond acceptors (Lipinski definition) is 3. The largest absolute Gasteiger partial charge is 0.458 e. The molecule has 0 heterocycles. The van der Waals surface area contributed by atoms with Crippen molar-refractivity contribution in [3.63, 3.8) is 0 Å². The Labute approximate surface area is 94.8 Å². The van der Waals surface area contributed by atoms with Gasteiger partial charge in [-0.25, -0.2) is 4.79 Å². The van der Waals surface area contributed by atoms with Gasteiger partial charge < -0.3 is 4.74 Å². The third-order valence-corrected chi connectivity index (χ3v) is 4.53. The Bertz CT molecular complexity index is 385. The molecule has 0 aliphatic heterocycles. The molecule has 0 aromatic rings. The van der Waals surface area contributed by atoms with Gasteiger partial charge in [0.2, 0.25) is 0 Å². The van der Waals surface area contributed by atoms with Crippen molar-refractivity contribution in [1.29, 1.82) is 0 Å². The lowest BCUT2D eigenvalue weighted by atomic mass is 9.86. The van der Waals surface area contributed by atoms with E-state index >= 15 is 0 Å². The second kappa shape index (κ2) is 3.19. The van der Waals surface area contributed by atoms with Crippen molar-refractivity contribution in [2.75, 3.05) is 0 Å². The molecule has 0 N–H and O–H groups in total. The molecule has 3 rings (SSSR count). The number of carbonyl (C=O) groups is 2. The molecule has 0 aromatic heterocycles. The molecule has 0 aromatic carbocycles. The predicted molar refractivity (Wildman–Crippen MR) is 57.5 cm³/mol. The van der Waals surface area contributed by atoms with Gasteiger partial charge in [-0.15, -0.1) is 0 Å². The number of ether oxygens (including phenoxy) is 1. The van der Waals surface area contributed by atoms with Crippen LogP contribution in [-0.4, -0.2) is 17.9 Å². The summed E-state index contributed by atoms with van der Waals surface area (Å²) in [5.74, 6) is 1.62. The highest BCUT2D eigenvalue weighted by atomic mass is 16.5. The van der Waals surface area contributed by atoms with Crippen LogP contribution in [0.4, 0.5) is 0 Å². The number of hydrogen-bond donors (Lipinski definition) is 0. The molecule has 0 saturated heterocycles. The Hall–Kier alpha value is -1.12. The van der Waals surface area contributed by atoms with E-state index in [1.165, 1.54) is 0 Å². The quantitative estimate of drug-likeness (QED) is 0.525. The van der Waals surface area contributed by atoms with Crippen molar-refractivity contribution in [3.05, 3.63) is 12.2 Å². The van der Waals surface area contributed by atoms with Gasteiger partial charge in [-0.3, -0.25) is 4.79 Å². The first kappa shape index (κ1) is 10.1. The summed E-state index contributed by atoms with van der Waals surface area (Å²) in [6.07, 6.45) is 2.63. The van der Waals surface area contributed by atoms with Gasteiger partial charge in [0.15, 0.2) is 0 Å². The summed E-state index contributed by atoms with van der Waals surface area (Å²) < 4.78 is 5.49. The van der Waals surface area contributed by atoms with Gasteiger partial charge in [-0.2, -0.15) is 0 Å². The maximum Gasteiger partial charge on any atom is 0.333 e. The fourth-order valence-corrected chi connectivity index (χ4v) is 3.87. The number of carbonyl (C=O) groups excluding carboxylic acids is 2. The van der Waals surface area contributed by atoms with E-state index in [0.29, 0.717) is 35.5 Å². The van der Waals surface area contributed by atoms with Crippen LogP contribution in [0, 0.1) is 23.7 Å². The molecule has 0 spiro atoms. The minimum Gasteiger partial charge on any atom is -0.458 e. The minimum absolute atomic E-state index is 0.0168. The van der Waals surface area contributed by atoms with Crippen LogP contribution >= 0.6 is 0 Å². The Morgan fingerprint density at radius 1 is 1.38 bits per heavy atom. The molecule has 3 heteroatoms. The molecule has 3 aliphatic rings. The van der Waals surface area contributed by atoms with E-state index in [2.05, 4.69) is 6.58 Å². The standard InChI is InChI=1S/C13H16O3/c1-6(2)13(15)16-12-7-3-8-9(4-7)11(14)5-10(8)12/h7-10,12H,1,3-5H2,2H3. The van der Waals surface area contributed by atoms with Gasteiger partial charge in [0.25, 0.3) is 0 Å². The number of fused-ring (bicyclic) bond motifs is 1. The topological polar surface area (TPSA) is 43.4 Å². The van der Waals surface area contributed by atoms with Crippen LogP contribution in [0.15, 0.2) is 12.2 Å². The molecule has 0 amide bonds. The Kier molecular flexibility index (Phi) is 2.00. The first-order chi connectivity index (χ1) is 7.58. The van der Waals surface area contributed by atoms with E-state index in [4.69, 9.17) is 4.74 Å². The summed E-state index contributed by atoms with van der Waals surface area (Å²) in [5, 5.41) is 0. The van der Waals surface area contributed by atoms with Crippen LogP contribution < -0.4 is 0 Å². The zero-order valence-electron chi connectivity index (χ0n) is 9.44. The summed E-state index contributed by atoms with van der Waals surface area (Å²) in [5.41, 5.74) is 0.448. The lowest BCUT2D eigenvalue weighted by Gasteiger charge is -2.27. The summed E-state index contributed by atoms with van der Waals surface area (Å²) in [6, 6.07) is 0. The second-order valence-electron chi connectivity index (χ2n) is 5.49. The normalized spacial score (nSPS) is 43.8. The van der Waals surface area contributed by atoms with Gasteiger partial charge in [0, 0.05) is 23.8 Å². The number of esters is 1. The van der Waals surface area contributed by atoms with E-state index < -0.39 is 0 Å². The molecular formula is C13H16O3. The van der Waals surface area contributed by atoms with Gasteiger partial charge in [0.1, 0.15) is 11.9 Å². The first-order valence-electron chi connectivity index (χ1n) is 5.97. The lowest BCUT2D eigenvalue weighted by molar-refractivity contribution is -0.149. The fraction of sp³-hybridized carbons (Fsp3) is 0.692. The minimum atomic E-state index is -0.298. The third-order valence-electron chi connectivity index (χ3n) is 4.53. The fourth-order valence-electron chi connectivity index (χ4n) is 3.87. The zero-order valence-corrected chi connectivity index (χ0v) is 9.44. The molecule has 2 bridgehead atoms. The summed E-state index contributed by atoms with van der Waals surface area (Å²) in [4.78, 5) is 23.2. The number of rotatable bonds is 2. The van der Waals surface area contributed by atoms with E-state index in [0.717, 1.165) is 12.8 Å². The zero-order chi connectivity index (χ0) is 11.4. The summed E-state index contributed by atoms with van der Waals surface area (Å²) >= 11 is 0. The molecule has 3 nitrogen and oxygen atoms in total. The SMILES string of the molecule is C=C(C)C(=O)OC1C2CC3C(=O)CC1C3C2. The average molecular weight is 220 g/mol. The molecular weight excluding hydrogens is 204 g/mol. The molecule has 3 saturated carbocycles. The average Bonchev–Trinajstić information content (AvgIpc) is 2.81. The Morgan fingerprint density at radius 2 is 2.12 bits per heavy atom. The summed E-state index contributed by atoms with van der Waals surface area (Å²) in [6.45, 7) is 5.26. The van der Waals surface area contributed by atoms with Crippen LogP contribution in [0.1, 0.15) is 26.2 Å². The highest BCUT2D eigenvalue weighted by molar-refractivity contribution is 5.88. The van der Waals surface area contributed by atoms with Gasteiger partial charge in [-0.05, 0) is 31.6 Å². The van der Waals surface area contributed by atoms with Gasteiger partial charge >= 0.3 is 5.97 Å². The maximum absolute atomic E-state index is 11.7. The van der Waals surface area contributed by atoms with Crippen LogP contribution in [-0.2, 0) is 14.3 Å². The van der Waals surface area contributed by atoms with Crippen LogP contribution in [0.5, 0.6) is 0 Å². The molecule has 16 heavy (non-hydrogen) atoms. The highest BCUT2D eigenvalue weighted by Gasteiger charge is 2.60. The van der Waals surface area contributed by atoms with Crippen molar-refractivity contribution >= 4 is 11.8 Å². The number of Topliss-reactive ketones (excluding diaryl/α,β-unsaturated/α-hetero) is 1. The van der Waals surface area contributed by atoms with Crippen molar-refractivity contribution < 1.29 is 14.3 Å². The van der Waals surface area contributed by atoms with Gasteiger partial charge in [-0.1, -0.05) is 6.58 Å². The Morgan fingerprint density at radius 3 is 2.81 bits per heavy atom. The Balaban J connectivity index is 1.77. The lowest BCUT2D eigenvalue weighted by Crippen LogP contribution is -2.31. The maximum atomic E-state index is 11.7. The first-order valence-corrected chi connectivity index (χ1v) is 5.97. The monoisotopic (exact) mass is 220 g/mol. The van der Waals surface area contributed by atoms with Crippen molar-refractivity contribution in [2.45, 2.75) is 32.3 Å². The van der Waals surface area contributed by atoms with Crippen LogP contribution in [0.3, 0.4) is 0 Å². The van der Waals surface area contributed by atoms with E-state index in [-0.39, 0.29) is 18.0 Å². The smallest absolute Gasteiger partial charge is 0.333 e. The third kappa shape index (κ3) is 1.20. The van der Waals surface area contributed by atoms with Crippen molar-refractivity contribution in [1.82, 2.24) is 0 Å². The van der Waals surface area contributed by atoms with Crippen LogP contribution in [0.25, 0.3) is 0 Å². The van der Waals surface area contributed by atoms with Crippen molar-refractivity contribution in [2.24, 2.45) is 23.7 Å². The molecule has 86 valence electrons. The van der Waals surface area contributed by atoms with E-state index in [1.807, 2.05) is 0 Å². The van der Waals surface area contributed by atoms with Crippen molar-refractivity contribution in [3.8, 4) is 0 Å². The van der Waals surface area contributed by atoms with Crippen LogP contribution in [0.2, 0.25) is 0 Å². The predicted octanol–water partition coefficient (Wildman–Crippen LogP) is 1.72. The second-order valence-corrected chi connectivity index (χ2v) is 5.49. The molecule has 5 atom stereocenters. The molecule has 3 fully saturated rings. The highest BCUT2D eigenvalue weighted by Crippen LogP contribution is 2.59.